The molecule has 0 aliphatic heterocycles. The second kappa shape index (κ2) is 5.57. The number of carbonyl (C=O) groups is 1. The van der Waals surface area contributed by atoms with Crippen molar-refractivity contribution in [1.82, 2.24) is 0 Å². The van der Waals surface area contributed by atoms with Gasteiger partial charge in [-0.05, 0) is 24.5 Å². The number of nitrogens with one attached hydrogen (secondary N) is 1. The lowest BCUT2D eigenvalue weighted by Gasteiger charge is -2.24. The van der Waals surface area contributed by atoms with Gasteiger partial charge in [-0.1, -0.05) is 26.8 Å². The fraction of sp³-hybridized carbons (Fsp3) is 0.462. The van der Waals surface area contributed by atoms with E-state index >= 15 is 0 Å². The van der Waals surface area contributed by atoms with Gasteiger partial charge < -0.3 is 16.2 Å². The Morgan fingerprint density at radius 2 is 2.12 bits per heavy atom. The SMILES string of the molecule is CCC(Nc1c(N)cccc1C(=O)O)C(C)C. The fourth-order valence-corrected chi connectivity index (χ4v) is 1.84. The smallest absolute Gasteiger partial charge is 0.337 e. The Kier molecular flexibility index (Phi) is 4.37. The van der Waals surface area contributed by atoms with Crippen molar-refractivity contribution in [2.45, 2.75) is 33.2 Å². The van der Waals surface area contributed by atoms with Gasteiger partial charge in [0.1, 0.15) is 0 Å². The van der Waals surface area contributed by atoms with Crippen LogP contribution in [-0.2, 0) is 0 Å². The van der Waals surface area contributed by atoms with Crippen molar-refractivity contribution in [3.8, 4) is 0 Å². The number of anilines is 2. The summed E-state index contributed by atoms with van der Waals surface area (Å²) in [7, 11) is 0. The standard InChI is InChI=1S/C13H20N2O2/c1-4-11(8(2)3)15-12-9(13(16)17)6-5-7-10(12)14/h5-8,11,15H,4,14H2,1-3H3,(H,16,17). The van der Waals surface area contributed by atoms with Gasteiger partial charge in [0.25, 0.3) is 0 Å². The first-order valence-electron chi connectivity index (χ1n) is 5.85. The molecule has 1 rings (SSSR count). The molecule has 17 heavy (non-hydrogen) atoms. The van der Waals surface area contributed by atoms with Crippen LogP contribution in [0, 0.1) is 5.92 Å². The van der Waals surface area contributed by atoms with Gasteiger partial charge in [0.2, 0.25) is 0 Å². The van der Waals surface area contributed by atoms with E-state index in [0.29, 0.717) is 17.3 Å². The molecule has 1 aromatic rings. The van der Waals surface area contributed by atoms with Crippen LogP contribution in [0.25, 0.3) is 0 Å². The molecule has 0 radical (unpaired) electrons. The molecule has 0 saturated heterocycles. The molecule has 0 saturated carbocycles. The van der Waals surface area contributed by atoms with Crippen molar-refractivity contribution in [3.63, 3.8) is 0 Å². The molecule has 0 fully saturated rings. The van der Waals surface area contributed by atoms with Crippen molar-refractivity contribution in [1.29, 1.82) is 0 Å². The van der Waals surface area contributed by atoms with Crippen molar-refractivity contribution in [2.75, 3.05) is 11.1 Å². The lowest BCUT2D eigenvalue weighted by atomic mass is 10.0. The average Bonchev–Trinajstić information content (AvgIpc) is 2.26. The largest absolute Gasteiger partial charge is 0.478 e. The fourth-order valence-electron chi connectivity index (χ4n) is 1.84. The maximum Gasteiger partial charge on any atom is 0.337 e. The van der Waals surface area contributed by atoms with Crippen LogP contribution < -0.4 is 11.1 Å². The molecule has 4 N–H and O–H groups in total. The van der Waals surface area contributed by atoms with Gasteiger partial charge in [-0.2, -0.15) is 0 Å². The minimum atomic E-state index is -0.960. The van der Waals surface area contributed by atoms with E-state index in [1.54, 1.807) is 18.2 Å². The zero-order chi connectivity index (χ0) is 13.0. The zero-order valence-corrected chi connectivity index (χ0v) is 10.5. The number of hydrogen-bond acceptors (Lipinski definition) is 3. The summed E-state index contributed by atoms with van der Waals surface area (Å²) in [5, 5.41) is 12.4. The van der Waals surface area contributed by atoms with Crippen LogP contribution >= 0.6 is 0 Å². The first-order chi connectivity index (χ1) is 7.97. The molecular formula is C13H20N2O2. The topological polar surface area (TPSA) is 75.3 Å². The monoisotopic (exact) mass is 236 g/mol. The molecule has 4 nitrogen and oxygen atoms in total. The number of benzene rings is 1. The highest BCUT2D eigenvalue weighted by atomic mass is 16.4. The first kappa shape index (κ1) is 13.4. The minimum Gasteiger partial charge on any atom is -0.478 e. The summed E-state index contributed by atoms with van der Waals surface area (Å²) in [6.45, 7) is 6.26. The van der Waals surface area contributed by atoms with Gasteiger partial charge in [-0.15, -0.1) is 0 Å². The molecular weight excluding hydrogens is 216 g/mol. The number of para-hydroxylation sites is 1. The highest BCUT2D eigenvalue weighted by molar-refractivity contribution is 5.97. The number of rotatable bonds is 5. The number of carboxylic acid groups (broad SMARTS) is 1. The van der Waals surface area contributed by atoms with E-state index in [-0.39, 0.29) is 11.6 Å². The van der Waals surface area contributed by atoms with Crippen LogP contribution in [-0.4, -0.2) is 17.1 Å². The predicted octanol–water partition coefficient (Wildman–Crippen LogP) is 2.81. The van der Waals surface area contributed by atoms with Crippen LogP contribution in [0.1, 0.15) is 37.6 Å². The van der Waals surface area contributed by atoms with Gasteiger partial charge in [-0.3, -0.25) is 0 Å². The second-order valence-electron chi connectivity index (χ2n) is 4.48. The lowest BCUT2D eigenvalue weighted by Crippen LogP contribution is -2.26. The summed E-state index contributed by atoms with van der Waals surface area (Å²) in [5.74, 6) is -0.542. The van der Waals surface area contributed by atoms with E-state index in [4.69, 9.17) is 10.8 Å². The second-order valence-corrected chi connectivity index (χ2v) is 4.48. The molecule has 0 aliphatic rings. The van der Waals surface area contributed by atoms with E-state index in [0.717, 1.165) is 6.42 Å². The molecule has 0 heterocycles. The first-order valence-corrected chi connectivity index (χ1v) is 5.85. The van der Waals surface area contributed by atoms with Crippen LogP contribution in [0.3, 0.4) is 0 Å². The predicted molar refractivity (Wildman–Crippen MR) is 70.4 cm³/mol. The maximum atomic E-state index is 11.1. The van der Waals surface area contributed by atoms with Crippen molar-refractivity contribution >= 4 is 17.3 Å². The molecule has 0 spiro atoms. The van der Waals surface area contributed by atoms with Crippen LogP contribution in [0.4, 0.5) is 11.4 Å². The molecule has 94 valence electrons. The van der Waals surface area contributed by atoms with Crippen LogP contribution in [0.5, 0.6) is 0 Å². The number of aromatic carboxylic acids is 1. The van der Waals surface area contributed by atoms with E-state index < -0.39 is 5.97 Å². The van der Waals surface area contributed by atoms with E-state index in [1.165, 1.54) is 0 Å². The third-order valence-corrected chi connectivity index (χ3v) is 2.90. The Bertz CT molecular complexity index is 402. The zero-order valence-electron chi connectivity index (χ0n) is 10.5. The summed E-state index contributed by atoms with van der Waals surface area (Å²) >= 11 is 0. The average molecular weight is 236 g/mol. The third kappa shape index (κ3) is 3.12. The van der Waals surface area contributed by atoms with E-state index in [2.05, 4.69) is 26.1 Å². The van der Waals surface area contributed by atoms with Crippen molar-refractivity contribution in [3.05, 3.63) is 23.8 Å². The summed E-state index contributed by atoms with van der Waals surface area (Å²) in [6.07, 6.45) is 0.922. The molecule has 4 heteroatoms. The summed E-state index contributed by atoms with van der Waals surface area (Å²) in [6, 6.07) is 5.15. The quantitative estimate of drug-likeness (QED) is 0.687. The Morgan fingerprint density at radius 1 is 1.47 bits per heavy atom. The molecule has 0 amide bonds. The van der Waals surface area contributed by atoms with Gasteiger partial charge >= 0.3 is 5.97 Å². The normalized spacial score (nSPS) is 12.5. The third-order valence-electron chi connectivity index (χ3n) is 2.90. The Hall–Kier alpha value is -1.71. The molecule has 1 aromatic carbocycles. The highest BCUT2D eigenvalue weighted by Crippen LogP contribution is 2.26. The van der Waals surface area contributed by atoms with Crippen molar-refractivity contribution < 1.29 is 9.90 Å². The van der Waals surface area contributed by atoms with Gasteiger partial charge in [0.05, 0.1) is 16.9 Å². The number of nitrogen functional groups attached to an aromatic ring is 1. The number of nitrogens with two attached hydrogens (primary N) is 1. The maximum absolute atomic E-state index is 11.1. The molecule has 0 bridgehead atoms. The lowest BCUT2D eigenvalue weighted by molar-refractivity contribution is 0.0698. The Balaban J connectivity index is 3.07. The van der Waals surface area contributed by atoms with Gasteiger partial charge in [-0.25, -0.2) is 4.79 Å². The van der Waals surface area contributed by atoms with E-state index in [1.807, 2.05) is 0 Å². The van der Waals surface area contributed by atoms with Crippen molar-refractivity contribution in [2.24, 2.45) is 5.92 Å². The molecule has 0 aliphatic carbocycles. The minimum absolute atomic E-state index is 0.220. The van der Waals surface area contributed by atoms with E-state index in [9.17, 15) is 4.79 Å². The Morgan fingerprint density at radius 3 is 2.59 bits per heavy atom. The molecule has 1 atom stereocenters. The summed E-state index contributed by atoms with van der Waals surface area (Å²) in [4.78, 5) is 11.1. The highest BCUT2D eigenvalue weighted by Gasteiger charge is 2.17. The number of hydrogen-bond donors (Lipinski definition) is 3. The van der Waals surface area contributed by atoms with Gasteiger partial charge in [0.15, 0.2) is 0 Å². The number of carboxylic acids is 1. The summed E-state index contributed by atoms with van der Waals surface area (Å²) < 4.78 is 0. The van der Waals surface area contributed by atoms with Gasteiger partial charge in [0, 0.05) is 6.04 Å². The van der Waals surface area contributed by atoms with Crippen LogP contribution in [0.2, 0.25) is 0 Å². The molecule has 0 aromatic heterocycles. The summed E-state index contributed by atoms with van der Waals surface area (Å²) in [5.41, 5.74) is 7.07. The molecule has 1 unspecified atom stereocenters. The Labute approximate surface area is 102 Å². The van der Waals surface area contributed by atoms with Crippen LogP contribution in [0.15, 0.2) is 18.2 Å².